The highest BCUT2D eigenvalue weighted by Gasteiger charge is 2.21. The summed E-state index contributed by atoms with van der Waals surface area (Å²) in [6.45, 7) is 7.17. The number of hydrogen-bond acceptors (Lipinski definition) is 8. The SMILES string of the molecule is CN1CCN(c2ncc(CN3CCc4nc(-c5ccco5)ncc4C3)s2)CC1. The molecule has 2 aliphatic rings. The number of fused-ring (bicyclic) bond motifs is 1. The van der Waals surface area contributed by atoms with Crippen LogP contribution in [0.4, 0.5) is 5.13 Å². The number of anilines is 1. The third-order valence-corrected chi connectivity index (χ3v) is 6.49. The Hall–Kier alpha value is -2.29. The molecule has 0 unspecified atom stereocenters. The van der Waals surface area contributed by atoms with Crippen LogP contribution in [-0.4, -0.2) is 64.5 Å². The van der Waals surface area contributed by atoms with Crippen LogP contribution in [0.15, 0.2) is 35.2 Å². The second kappa shape index (κ2) is 7.62. The Morgan fingerprint density at radius 3 is 2.82 bits per heavy atom. The van der Waals surface area contributed by atoms with E-state index in [-0.39, 0.29) is 0 Å². The van der Waals surface area contributed by atoms with Crippen LogP contribution in [0, 0.1) is 0 Å². The van der Waals surface area contributed by atoms with Crippen molar-refractivity contribution >= 4 is 16.5 Å². The zero-order chi connectivity index (χ0) is 18.9. The number of rotatable bonds is 4. The van der Waals surface area contributed by atoms with Crippen molar-refractivity contribution in [3.05, 3.63) is 46.9 Å². The van der Waals surface area contributed by atoms with Crippen LogP contribution >= 0.6 is 11.3 Å². The van der Waals surface area contributed by atoms with Crippen molar-refractivity contribution in [2.45, 2.75) is 19.5 Å². The van der Waals surface area contributed by atoms with Crippen LogP contribution in [0.3, 0.4) is 0 Å². The third kappa shape index (κ3) is 3.67. The second-order valence-corrected chi connectivity index (χ2v) is 8.60. The van der Waals surface area contributed by atoms with Gasteiger partial charge in [0.1, 0.15) is 0 Å². The Kier molecular flexibility index (Phi) is 4.84. The lowest BCUT2D eigenvalue weighted by Gasteiger charge is -2.32. The Labute approximate surface area is 168 Å². The maximum Gasteiger partial charge on any atom is 0.195 e. The standard InChI is InChI=1S/C20H24N6OS/c1-24-6-8-26(9-7-24)20-22-12-16(28-20)14-25-5-4-17-15(13-25)11-21-19(23-17)18-3-2-10-27-18/h2-3,10-12H,4-9,13-14H2,1H3. The molecule has 0 radical (unpaired) electrons. The number of nitrogens with zero attached hydrogens (tertiary/aromatic N) is 6. The molecule has 5 rings (SSSR count). The minimum Gasteiger partial charge on any atom is -0.461 e. The van der Waals surface area contributed by atoms with Crippen LogP contribution < -0.4 is 4.90 Å². The molecule has 0 aliphatic carbocycles. The minimum absolute atomic E-state index is 0.677. The van der Waals surface area contributed by atoms with E-state index in [9.17, 15) is 0 Å². The number of furan rings is 1. The van der Waals surface area contributed by atoms with Gasteiger partial charge in [0.15, 0.2) is 16.7 Å². The summed E-state index contributed by atoms with van der Waals surface area (Å²) in [4.78, 5) is 22.5. The van der Waals surface area contributed by atoms with E-state index >= 15 is 0 Å². The Bertz CT molecular complexity index is 932. The van der Waals surface area contributed by atoms with Crippen molar-refractivity contribution in [1.82, 2.24) is 24.8 Å². The van der Waals surface area contributed by atoms with Crippen LogP contribution in [0.1, 0.15) is 16.1 Å². The van der Waals surface area contributed by atoms with Gasteiger partial charge in [-0.1, -0.05) is 0 Å². The Morgan fingerprint density at radius 1 is 1.11 bits per heavy atom. The summed E-state index contributed by atoms with van der Waals surface area (Å²) in [5.74, 6) is 1.41. The number of thiazole rings is 1. The largest absolute Gasteiger partial charge is 0.461 e. The molecule has 0 bridgehead atoms. The lowest BCUT2D eigenvalue weighted by Crippen LogP contribution is -2.44. The Morgan fingerprint density at radius 2 is 2.00 bits per heavy atom. The predicted molar refractivity (Wildman–Crippen MR) is 109 cm³/mol. The van der Waals surface area contributed by atoms with Gasteiger partial charge in [0.05, 0.1) is 12.0 Å². The zero-order valence-electron chi connectivity index (χ0n) is 16.0. The summed E-state index contributed by atoms with van der Waals surface area (Å²) >= 11 is 1.83. The fourth-order valence-corrected chi connectivity index (χ4v) is 4.77. The third-order valence-electron chi connectivity index (χ3n) is 5.45. The Balaban J connectivity index is 1.23. The average Bonchev–Trinajstić information content (AvgIpc) is 3.41. The molecule has 7 nitrogen and oxygen atoms in total. The van der Waals surface area contributed by atoms with E-state index in [1.54, 1.807) is 6.26 Å². The molecule has 3 aromatic heterocycles. The lowest BCUT2D eigenvalue weighted by molar-refractivity contribution is 0.245. The molecule has 0 saturated carbocycles. The molecule has 0 N–H and O–H groups in total. The topological polar surface area (TPSA) is 61.5 Å². The van der Waals surface area contributed by atoms with Crippen molar-refractivity contribution in [2.75, 3.05) is 44.7 Å². The van der Waals surface area contributed by atoms with Crippen LogP contribution in [0.5, 0.6) is 0 Å². The van der Waals surface area contributed by atoms with E-state index in [4.69, 9.17) is 9.40 Å². The van der Waals surface area contributed by atoms with E-state index < -0.39 is 0 Å². The normalized spacial score (nSPS) is 18.4. The maximum absolute atomic E-state index is 5.42. The lowest BCUT2D eigenvalue weighted by atomic mass is 10.1. The first-order chi connectivity index (χ1) is 13.7. The van der Waals surface area contributed by atoms with Gasteiger partial charge in [-0.15, -0.1) is 11.3 Å². The molecule has 0 spiro atoms. The molecule has 146 valence electrons. The molecule has 0 atom stereocenters. The van der Waals surface area contributed by atoms with Gasteiger partial charge in [-0.3, -0.25) is 4.90 Å². The molecule has 1 fully saturated rings. The van der Waals surface area contributed by atoms with Crippen molar-refractivity contribution < 1.29 is 4.42 Å². The average molecular weight is 397 g/mol. The summed E-state index contributed by atoms with van der Waals surface area (Å²) in [5, 5.41) is 1.16. The second-order valence-electron chi connectivity index (χ2n) is 7.50. The van der Waals surface area contributed by atoms with E-state index in [0.717, 1.165) is 68.8 Å². The van der Waals surface area contributed by atoms with Gasteiger partial charge < -0.3 is 14.2 Å². The molecule has 28 heavy (non-hydrogen) atoms. The highest BCUT2D eigenvalue weighted by Crippen LogP contribution is 2.27. The first-order valence-electron chi connectivity index (χ1n) is 9.74. The van der Waals surface area contributed by atoms with Gasteiger partial charge in [-0.2, -0.15) is 0 Å². The van der Waals surface area contributed by atoms with Gasteiger partial charge in [-0.05, 0) is 19.2 Å². The molecule has 1 saturated heterocycles. The van der Waals surface area contributed by atoms with Crippen molar-refractivity contribution in [3.63, 3.8) is 0 Å². The number of piperazine rings is 1. The molecule has 8 heteroatoms. The summed E-state index contributed by atoms with van der Waals surface area (Å²) in [7, 11) is 2.18. The van der Waals surface area contributed by atoms with E-state index in [0.29, 0.717) is 5.82 Å². The first-order valence-corrected chi connectivity index (χ1v) is 10.6. The van der Waals surface area contributed by atoms with Crippen molar-refractivity contribution in [3.8, 4) is 11.6 Å². The van der Waals surface area contributed by atoms with E-state index in [2.05, 4.69) is 31.7 Å². The van der Waals surface area contributed by atoms with Crippen molar-refractivity contribution in [2.24, 2.45) is 0 Å². The van der Waals surface area contributed by atoms with Crippen LogP contribution in [-0.2, 0) is 19.5 Å². The zero-order valence-corrected chi connectivity index (χ0v) is 16.9. The highest BCUT2D eigenvalue weighted by molar-refractivity contribution is 7.15. The summed E-state index contributed by atoms with van der Waals surface area (Å²) in [6, 6.07) is 3.77. The number of hydrogen-bond donors (Lipinski definition) is 0. The minimum atomic E-state index is 0.677. The number of aromatic nitrogens is 3. The van der Waals surface area contributed by atoms with Gasteiger partial charge in [0.25, 0.3) is 0 Å². The molecule has 2 aliphatic heterocycles. The molecule has 5 heterocycles. The summed E-state index contributed by atoms with van der Waals surface area (Å²) in [5.41, 5.74) is 2.35. The molecule has 0 amide bonds. The van der Waals surface area contributed by atoms with Gasteiger partial charge in [0.2, 0.25) is 0 Å². The van der Waals surface area contributed by atoms with E-state index in [1.165, 1.54) is 10.4 Å². The summed E-state index contributed by atoms with van der Waals surface area (Å²) < 4.78 is 5.42. The fraction of sp³-hybridized carbons (Fsp3) is 0.450. The molecule has 3 aromatic rings. The number of likely N-dealkylation sites (N-methyl/N-ethyl adjacent to an activating group) is 1. The molecular weight excluding hydrogens is 372 g/mol. The van der Waals surface area contributed by atoms with Gasteiger partial charge in [-0.25, -0.2) is 15.0 Å². The van der Waals surface area contributed by atoms with Crippen LogP contribution in [0.25, 0.3) is 11.6 Å². The van der Waals surface area contributed by atoms with Crippen LogP contribution in [0.2, 0.25) is 0 Å². The quantitative estimate of drug-likeness (QED) is 0.671. The fourth-order valence-electron chi connectivity index (χ4n) is 3.77. The molecule has 0 aromatic carbocycles. The first kappa shape index (κ1) is 17.8. The van der Waals surface area contributed by atoms with E-state index in [1.807, 2.05) is 35.9 Å². The maximum atomic E-state index is 5.42. The summed E-state index contributed by atoms with van der Waals surface area (Å²) in [6.07, 6.45) is 6.60. The van der Waals surface area contributed by atoms with Crippen molar-refractivity contribution in [1.29, 1.82) is 0 Å². The molecular formula is C20H24N6OS. The smallest absolute Gasteiger partial charge is 0.195 e. The highest BCUT2D eigenvalue weighted by atomic mass is 32.1. The monoisotopic (exact) mass is 396 g/mol. The predicted octanol–water partition coefficient (Wildman–Crippen LogP) is 2.50. The van der Waals surface area contributed by atoms with Gasteiger partial charge in [0, 0.05) is 75.1 Å². The van der Waals surface area contributed by atoms with Gasteiger partial charge >= 0.3 is 0 Å².